The molecule has 0 saturated carbocycles. The number of hydrogen-bond acceptors (Lipinski definition) is 3. The van der Waals surface area contributed by atoms with Gasteiger partial charge >= 0.3 is 11.9 Å². The Balaban J connectivity index is 2.92. The number of hydrogen-bond donors (Lipinski definition) is 2. The first kappa shape index (κ1) is 14.2. The van der Waals surface area contributed by atoms with Crippen LogP contribution in [0, 0.1) is 0 Å². The Labute approximate surface area is 106 Å². The monoisotopic (exact) mass is 251 g/mol. The number of carboxylic acid groups (broad SMARTS) is 2. The van der Waals surface area contributed by atoms with Crippen LogP contribution >= 0.6 is 0 Å². The molecule has 0 amide bonds. The van der Waals surface area contributed by atoms with Gasteiger partial charge in [-0.25, -0.2) is 0 Å². The minimum absolute atomic E-state index is 0.196. The molecule has 0 aliphatic carbocycles. The van der Waals surface area contributed by atoms with E-state index in [-0.39, 0.29) is 19.1 Å². The van der Waals surface area contributed by atoms with E-state index in [0.29, 0.717) is 6.42 Å². The first-order chi connectivity index (χ1) is 8.54. The van der Waals surface area contributed by atoms with Crippen LogP contribution in [0.1, 0.15) is 24.9 Å². The zero-order valence-electron chi connectivity index (χ0n) is 10.2. The van der Waals surface area contributed by atoms with Gasteiger partial charge in [-0.3, -0.25) is 14.5 Å². The molecule has 0 saturated heterocycles. The van der Waals surface area contributed by atoms with Crippen molar-refractivity contribution in [3.05, 3.63) is 35.9 Å². The van der Waals surface area contributed by atoms with E-state index in [2.05, 4.69) is 0 Å². The van der Waals surface area contributed by atoms with Gasteiger partial charge in [-0.2, -0.15) is 0 Å². The summed E-state index contributed by atoms with van der Waals surface area (Å²) in [7, 11) is 0. The van der Waals surface area contributed by atoms with Crippen LogP contribution in [-0.4, -0.2) is 40.1 Å². The summed E-state index contributed by atoms with van der Waals surface area (Å²) in [6.07, 6.45) is 0.657. The molecule has 0 aromatic heterocycles. The van der Waals surface area contributed by atoms with E-state index >= 15 is 0 Å². The summed E-state index contributed by atoms with van der Waals surface area (Å²) >= 11 is 0. The fraction of sp³-hybridized carbons (Fsp3) is 0.385. The van der Waals surface area contributed by atoms with Gasteiger partial charge in [-0.1, -0.05) is 37.3 Å². The number of carboxylic acids is 2. The minimum atomic E-state index is -1.02. The normalized spacial score (nSPS) is 12.3. The predicted molar refractivity (Wildman–Crippen MR) is 66.3 cm³/mol. The van der Waals surface area contributed by atoms with Gasteiger partial charge < -0.3 is 10.2 Å². The lowest BCUT2D eigenvalue weighted by molar-refractivity contribution is -0.143. The number of carbonyl (C=O) groups is 2. The van der Waals surface area contributed by atoms with Crippen molar-refractivity contribution in [3.8, 4) is 0 Å². The molecule has 0 heterocycles. The maximum atomic E-state index is 10.8. The molecule has 2 N–H and O–H groups in total. The summed E-state index contributed by atoms with van der Waals surface area (Å²) in [4.78, 5) is 23.1. The molecule has 1 aromatic carbocycles. The minimum Gasteiger partial charge on any atom is -0.480 e. The molecule has 1 aromatic rings. The average Bonchev–Trinajstić information content (AvgIpc) is 2.29. The number of benzene rings is 1. The van der Waals surface area contributed by atoms with Crippen molar-refractivity contribution in [3.63, 3.8) is 0 Å². The second-order valence-electron chi connectivity index (χ2n) is 4.03. The summed E-state index contributed by atoms with van der Waals surface area (Å²) in [5, 5.41) is 17.7. The van der Waals surface area contributed by atoms with Gasteiger partial charge in [0.2, 0.25) is 0 Å². The molecule has 1 rings (SSSR count). The molecule has 1 atom stereocenters. The molecule has 5 heteroatoms. The lowest BCUT2D eigenvalue weighted by Crippen LogP contribution is -2.37. The van der Waals surface area contributed by atoms with E-state index < -0.39 is 11.9 Å². The van der Waals surface area contributed by atoms with Crippen LogP contribution < -0.4 is 0 Å². The number of nitrogens with zero attached hydrogens (tertiary/aromatic N) is 1. The van der Waals surface area contributed by atoms with Crippen molar-refractivity contribution in [1.29, 1.82) is 0 Å². The Morgan fingerprint density at radius 3 is 2.00 bits per heavy atom. The highest BCUT2D eigenvalue weighted by Crippen LogP contribution is 2.23. The van der Waals surface area contributed by atoms with Crippen LogP contribution in [0.15, 0.2) is 30.3 Å². The van der Waals surface area contributed by atoms with Crippen LogP contribution in [0.2, 0.25) is 0 Å². The Hall–Kier alpha value is -1.88. The molecular formula is C13H17NO4. The van der Waals surface area contributed by atoms with Crippen molar-refractivity contribution >= 4 is 11.9 Å². The van der Waals surface area contributed by atoms with Crippen LogP contribution in [0.4, 0.5) is 0 Å². The van der Waals surface area contributed by atoms with E-state index in [4.69, 9.17) is 10.2 Å². The second kappa shape index (κ2) is 6.76. The topological polar surface area (TPSA) is 77.8 Å². The smallest absolute Gasteiger partial charge is 0.317 e. The van der Waals surface area contributed by atoms with Gasteiger partial charge in [0.1, 0.15) is 0 Å². The predicted octanol–water partition coefficient (Wildman–Crippen LogP) is 1.61. The Bertz CT molecular complexity index is 389. The van der Waals surface area contributed by atoms with E-state index in [1.54, 1.807) is 0 Å². The highest BCUT2D eigenvalue weighted by Gasteiger charge is 2.22. The van der Waals surface area contributed by atoms with Crippen molar-refractivity contribution < 1.29 is 19.8 Å². The molecule has 98 valence electrons. The maximum Gasteiger partial charge on any atom is 0.317 e. The molecular weight excluding hydrogens is 234 g/mol. The molecule has 0 aliphatic heterocycles. The number of aliphatic carboxylic acids is 2. The molecule has 18 heavy (non-hydrogen) atoms. The fourth-order valence-corrected chi connectivity index (χ4v) is 2.00. The highest BCUT2D eigenvalue weighted by atomic mass is 16.4. The quantitative estimate of drug-likeness (QED) is 0.769. The lowest BCUT2D eigenvalue weighted by atomic mass is 10.0. The SMILES string of the molecule is CCC(c1ccccc1)N(CC(=O)O)CC(=O)O. The summed E-state index contributed by atoms with van der Waals surface area (Å²) in [6.45, 7) is 1.35. The zero-order chi connectivity index (χ0) is 13.5. The summed E-state index contributed by atoms with van der Waals surface area (Å²) in [5.41, 5.74) is 0.933. The lowest BCUT2D eigenvalue weighted by Gasteiger charge is -2.28. The van der Waals surface area contributed by atoms with Gasteiger partial charge in [0.15, 0.2) is 0 Å². The first-order valence-corrected chi connectivity index (χ1v) is 5.77. The standard InChI is InChI=1S/C13H17NO4/c1-2-11(10-6-4-3-5-7-10)14(8-12(15)16)9-13(17)18/h3-7,11H,2,8-9H2,1H3,(H,15,16)(H,17,18). The van der Waals surface area contributed by atoms with Crippen LogP contribution in [0.5, 0.6) is 0 Å². The molecule has 1 unspecified atom stereocenters. The molecule has 0 aliphatic rings. The Morgan fingerprint density at radius 2 is 1.61 bits per heavy atom. The van der Waals surface area contributed by atoms with Crippen LogP contribution in [0.3, 0.4) is 0 Å². The average molecular weight is 251 g/mol. The maximum absolute atomic E-state index is 10.8. The Kier molecular flexibility index (Phi) is 5.32. The van der Waals surface area contributed by atoms with Crippen molar-refractivity contribution in [2.75, 3.05) is 13.1 Å². The van der Waals surface area contributed by atoms with Crippen LogP contribution in [0.25, 0.3) is 0 Å². The molecule has 0 fully saturated rings. The summed E-state index contributed by atoms with van der Waals surface area (Å²) in [5.74, 6) is -2.05. The van der Waals surface area contributed by atoms with Crippen LogP contribution in [-0.2, 0) is 9.59 Å². The van der Waals surface area contributed by atoms with E-state index in [1.165, 1.54) is 4.90 Å². The number of rotatable bonds is 7. The van der Waals surface area contributed by atoms with Gasteiger partial charge in [-0.05, 0) is 12.0 Å². The van der Waals surface area contributed by atoms with Gasteiger partial charge in [-0.15, -0.1) is 0 Å². The van der Waals surface area contributed by atoms with E-state index in [1.807, 2.05) is 37.3 Å². The molecule has 0 bridgehead atoms. The summed E-state index contributed by atoms with van der Waals surface area (Å²) in [6, 6.07) is 9.15. The molecule has 5 nitrogen and oxygen atoms in total. The Morgan fingerprint density at radius 1 is 1.11 bits per heavy atom. The molecule has 0 spiro atoms. The highest BCUT2D eigenvalue weighted by molar-refractivity contribution is 5.72. The van der Waals surface area contributed by atoms with E-state index in [9.17, 15) is 9.59 Å². The van der Waals surface area contributed by atoms with Crippen molar-refractivity contribution in [1.82, 2.24) is 4.90 Å². The van der Waals surface area contributed by atoms with Gasteiger partial charge in [0.05, 0.1) is 13.1 Å². The second-order valence-corrected chi connectivity index (χ2v) is 4.03. The third kappa shape index (κ3) is 4.18. The third-order valence-electron chi connectivity index (χ3n) is 2.69. The first-order valence-electron chi connectivity index (χ1n) is 5.77. The fourth-order valence-electron chi connectivity index (χ4n) is 2.00. The zero-order valence-corrected chi connectivity index (χ0v) is 10.2. The van der Waals surface area contributed by atoms with E-state index in [0.717, 1.165) is 5.56 Å². The third-order valence-corrected chi connectivity index (χ3v) is 2.69. The van der Waals surface area contributed by atoms with Crippen molar-refractivity contribution in [2.45, 2.75) is 19.4 Å². The van der Waals surface area contributed by atoms with Crippen molar-refractivity contribution in [2.24, 2.45) is 0 Å². The largest absolute Gasteiger partial charge is 0.480 e. The summed E-state index contributed by atoms with van der Waals surface area (Å²) < 4.78 is 0. The molecule has 0 radical (unpaired) electrons. The van der Waals surface area contributed by atoms with Gasteiger partial charge in [0.25, 0.3) is 0 Å². The van der Waals surface area contributed by atoms with Gasteiger partial charge in [0, 0.05) is 6.04 Å².